The van der Waals surface area contributed by atoms with Crippen molar-refractivity contribution in [1.29, 1.82) is 0 Å². The first kappa shape index (κ1) is 22.1. The highest BCUT2D eigenvalue weighted by Crippen LogP contribution is 2.38. The number of nitrogens with two attached hydrogens (primary N) is 1. The number of nitrogen functional groups attached to an aromatic ring is 1. The predicted octanol–water partition coefficient (Wildman–Crippen LogP) is 3.17. The van der Waals surface area contributed by atoms with Gasteiger partial charge in [-0.1, -0.05) is 36.3 Å². The van der Waals surface area contributed by atoms with Gasteiger partial charge in [0.05, 0.1) is 11.4 Å². The number of aromatic nitrogens is 4. The van der Waals surface area contributed by atoms with Crippen molar-refractivity contribution in [2.75, 3.05) is 11.1 Å². The second kappa shape index (κ2) is 9.27. The van der Waals surface area contributed by atoms with E-state index in [1.807, 2.05) is 47.1 Å². The molecular weight excluding hydrogens is 442 g/mol. The van der Waals surface area contributed by atoms with Crippen molar-refractivity contribution in [3.63, 3.8) is 0 Å². The van der Waals surface area contributed by atoms with Crippen LogP contribution in [0, 0.1) is 11.8 Å². The fraction of sp³-hybridized carbons (Fsp3) is 0.192. The Bertz CT molecular complexity index is 1460. The lowest BCUT2D eigenvalue weighted by molar-refractivity contribution is -0.117. The number of hydrogen-bond donors (Lipinski definition) is 3. The van der Waals surface area contributed by atoms with Crippen molar-refractivity contribution in [1.82, 2.24) is 25.1 Å². The van der Waals surface area contributed by atoms with Crippen molar-refractivity contribution in [2.24, 2.45) is 0 Å². The second-order valence-electron chi connectivity index (χ2n) is 8.32. The first-order chi connectivity index (χ1) is 17.0. The summed E-state index contributed by atoms with van der Waals surface area (Å²) in [5, 5.41) is 11.3. The Labute approximate surface area is 201 Å². The number of carbonyl (C=O) groups is 2. The zero-order chi connectivity index (χ0) is 24.4. The van der Waals surface area contributed by atoms with Crippen LogP contribution in [0.5, 0.6) is 0 Å². The average Bonchev–Trinajstić information content (AvgIpc) is 3.22. The minimum atomic E-state index is -0.273. The summed E-state index contributed by atoms with van der Waals surface area (Å²) in [6.45, 7) is 1.63. The minimum Gasteiger partial charge on any atom is -0.383 e. The standard InChI is InChI=1S/C26H23N7O2/c1-2-6-21(34)30-19-13-20(14-19)33-25-22(24(27)28-15-29-25)23(32-33)16-9-11-17(12-10-16)26(35)31-18-7-4-3-5-8-18/h3-5,7-12,15,19-20H,13-14H2,1H3,(H,30,34)(H,31,35)(H2,27,28,29). The molecule has 1 aliphatic rings. The predicted molar refractivity (Wildman–Crippen MR) is 133 cm³/mol. The lowest BCUT2D eigenvalue weighted by atomic mass is 9.87. The van der Waals surface area contributed by atoms with Crippen LogP contribution in [0.1, 0.15) is 36.2 Å². The van der Waals surface area contributed by atoms with Crippen molar-refractivity contribution in [2.45, 2.75) is 31.8 Å². The molecule has 4 N–H and O–H groups in total. The Morgan fingerprint density at radius 3 is 2.51 bits per heavy atom. The Kier molecular flexibility index (Phi) is 5.85. The highest BCUT2D eigenvalue weighted by molar-refractivity contribution is 6.05. The third-order valence-electron chi connectivity index (χ3n) is 6.00. The van der Waals surface area contributed by atoms with Gasteiger partial charge in [0.25, 0.3) is 11.8 Å². The Morgan fingerprint density at radius 1 is 1.06 bits per heavy atom. The molecule has 2 aromatic heterocycles. The number of amides is 2. The summed E-state index contributed by atoms with van der Waals surface area (Å²) in [5.74, 6) is 4.97. The quantitative estimate of drug-likeness (QED) is 0.389. The lowest BCUT2D eigenvalue weighted by Gasteiger charge is -2.35. The van der Waals surface area contributed by atoms with Crippen LogP contribution in [0.25, 0.3) is 22.3 Å². The first-order valence-corrected chi connectivity index (χ1v) is 11.2. The average molecular weight is 466 g/mol. The molecule has 2 aromatic carbocycles. The largest absolute Gasteiger partial charge is 0.383 e. The Balaban J connectivity index is 1.39. The van der Waals surface area contributed by atoms with E-state index in [1.165, 1.54) is 6.33 Å². The smallest absolute Gasteiger partial charge is 0.296 e. The summed E-state index contributed by atoms with van der Waals surface area (Å²) < 4.78 is 1.85. The summed E-state index contributed by atoms with van der Waals surface area (Å²) in [7, 11) is 0. The number of benzene rings is 2. The molecule has 174 valence electrons. The van der Waals surface area contributed by atoms with Crippen LogP contribution in [0.15, 0.2) is 60.9 Å². The first-order valence-electron chi connectivity index (χ1n) is 11.2. The van der Waals surface area contributed by atoms with Gasteiger partial charge in [-0.15, -0.1) is 0 Å². The van der Waals surface area contributed by atoms with E-state index in [9.17, 15) is 9.59 Å². The van der Waals surface area contributed by atoms with Crippen molar-refractivity contribution >= 4 is 34.4 Å². The fourth-order valence-corrected chi connectivity index (χ4v) is 4.20. The molecule has 9 heteroatoms. The van der Waals surface area contributed by atoms with Gasteiger partial charge in [-0.3, -0.25) is 9.59 Å². The number of para-hydroxylation sites is 1. The molecular formula is C26H23N7O2. The number of nitrogens with one attached hydrogen (secondary N) is 2. The molecule has 1 saturated carbocycles. The molecule has 0 aliphatic heterocycles. The van der Waals surface area contributed by atoms with Gasteiger partial charge in [0.2, 0.25) is 0 Å². The number of fused-ring (bicyclic) bond motifs is 1. The zero-order valence-corrected chi connectivity index (χ0v) is 19.0. The summed E-state index contributed by atoms with van der Waals surface area (Å²) in [5.41, 5.74) is 9.56. The molecule has 1 aliphatic carbocycles. The monoisotopic (exact) mass is 465 g/mol. The summed E-state index contributed by atoms with van der Waals surface area (Å²) in [4.78, 5) is 32.9. The molecule has 2 heterocycles. The molecule has 9 nitrogen and oxygen atoms in total. The van der Waals surface area contributed by atoms with Crippen LogP contribution in [0.4, 0.5) is 11.5 Å². The molecule has 0 unspecified atom stereocenters. The van der Waals surface area contributed by atoms with Crippen molar-refractivity contribution in [3.05, 3.63) is 66.5 Å². The van der Waals surface area contributed by atoms with E-state index in [0.717, 1.165) is 24.1 Å². The lowest BCUT2D eigenvalue weighted by Crippen LogP contribution is -2.44. The van der Waals surface area contributed by atoms with Gasteiger partial charge in [-0.05, 0) is 50.0 Å². The maximum atomic E-state index is 12.6. The number of carbonyl (C=O) groups excluding carboxylic acids is 2. The molecule has 0 radical (unpaired) electrons. The van der Waals surface area contributed by atoms with E-state index in [4.69, 9.17) is 10.8 Å². The number of hydrogen-bond acceptors (Lipinski definition) is 6. The van der Waals surface area contributed by atoms with E-state index in [1.54, 1.807) is 19.1 Å². The maximum Gasteiger partial charge on any atom is 0.296 e. The van der Waals surface area contributed by atoms with Gasteiger partial charge in [0.15, 0.2) is 5.65 Å². The fourth-order valence-electron chi connectivity index (χ4n) is 4.20. The Morgan fingerprint density at radius 2 is 1.80 bits per heavy atom. The van der Waals surface area contributed by atoms with E-state index in [-0.39, 0.29) is 23.9 Å². The summed E-state index contributed by atoms with van der Waals surface area (Å²) in [6.07, 6.45) is 2.86. The van der Waals surface area contributed by atoms with Gasteiger partial charge in [0, 0.05) is 22.9 Å². The van der Waals surface area contributed by atoms with Crippen molar-refractivity contribution in [3.8, 4) is 23.1 Å². The van der Waals surface area contributed by atoms with Gasteiger partial charge >= 0.3 is 0 Å². The van der Waals surface area contributed by atoms with Gasteiger partial charge < -0.3 is 16.4 Å². The van der Waals surface area contributed by atoms with Crippen LogP contribution >= 0.6 is 0 Å². The van der Waals surface area contributed by atoms with E-state index < -0.39 is 0 Å². The SMILES string of the molecule is CC#CC(=O)NC1CC(n2nc(-c3ccc(C(=O)Nc4ccccc4)cc3)c3c(N)ncnc32)C1. The topological polar surface area (TPSA) is 128 Å². The molecule has 4 aromatic rings. The molecule has 35 heavy (non-hydrogen) atoms. The van der Waals surface area contributed by atoms with Crippen molar-refractivity contribution < 1.29 is 9.59 Å². The van der Waals surface area contributed by atoms with Gasteiger partial charge in [-0.2, -0.15) is 5.10 Å². The van der Waals surface area contributed by atoms with E-state index in [2.05, 4.69) is 32.4 Å². The third-order valence-corrected chi connectivity index (χ3v) is 6.00. The highest BCUT2D eigenvalue weighted by Gasteiger charge is 2.34. The van der Waals surface area contributed by atoms with Crippen LogP contribution in [0.2, 0.25) is 0 Å². The second-order valence-corrected chi connectivity index (χ2v) is 8.32. The highest BCUT2D eigenvalue weighted by atomic mass is 16.2. The zero-order valence-electron chi connectivity index (χ0n) is 19.0. The van der Waals surface area contributed by atoms with Gasteiger partial charge in [-0.25, -0.2) is 14.6 Å². The number of rotatable bonds is 5. The normalized spacial score (nSPS) is 16.6. The van der Waals surface area contributed by atoms with E-state index in [0.29, 0.717) is 28.1 Å². The molecule has 5 rings (SSSR count). The summed E-state index contributed by atoms with van der Waals surface area (Å²) in [6, 6.07) is 16.6. The molecule has 1 fully saturated rings. The maximum absolute atomic E-state index is 12.6. The molecule has 2 amide bonds. The summed E-state index contributed by atoms with van der Waals surface area (Å²) >= 11 is 0. The van der Waals surface area contributed by atoms with Crippen LogP contribution < -0.4 is 16.4 Å². The number of nitrogens with zero attached hydrogens (tertiary/aromatic N) is 4. The van der Waals surface area contributed by atoms with Crippen LogP contribution in [0.3, 0.4) is 0 Å². The van der Waals surface area contributed by atoms with Crippen LogP contribution in [-0.2, 0) is 4.79 Å². The van der Waals surface area contributed by atoms with Gasteiger partial charge in [0.1, 0.15) is 17.8 Å². The Hall–Kier alpha value is -4.71. The minimum absolute atomic E-state index is 0.0395. The van der Waals surface area contributed by atoms with E-state index >= 15 is 0 Å². The molecule has 0 spiro atoms. The van der Waals surface area contributed by atoms with Crippen LogP contribution in [-0.4, -0.2) is 37.6 Å². The molecule has 0 saturated heterocycles. The third kappa shape index (κ3) is 4.42. The number of anilines is 2. The molecule has 0 bridgehead atoms. The molecule has 0 atom stereocenters.